The van der Waals surface area contributed by atoms with E-state index >= 15 is 0 Å². The van der Waals surface area contributed by atoms with Crippen LogP contribution in [0.5, 0.6) is 0 Å². The van der Waals surface area contributed by atoms with Gasteiger partial charge in [-0.1, -0.05) is 6.92 Å². The molecule has 0 radical (unpaired) electrons. The molecule has 0 aliphatic rings. The Hall–Kier alpha value is -1.77. The van der Waals surface area contributed by atoms with Crippen molar-refractivity contribution in [2.45, 2.75) is 32.4 Å². The van der Waals surface area contributed by atoms with Gasteiger partial charge in [0.2, 0.25) is 5.28 Å². The normalized spacial score (nSPS) is 12.7. The molecule has 6 nitrogen and oxygen atoms in total. The number of hydrogen-bond acceptors (Lipinski definition) is 6. The van der Waals surface area contributed by atoms with Crippen molar-refractivity contribution in [1.82, 2.24) is 19.9 Å². The van der Waals surface area contributed by atoms with Gasteiger partial charge in [0.05, 0.1) is 17.6 Å². The van der Waals surface area contributed by atoms with E-state index in [4.69, 9.17) is 17.3 Å². The van der Waals surface area contributed by atoms with E-state index in [1.54, 1.807) is 6.20 Å². The number of fused-ring (bicyclic) bond motifs is 1. The Balaban J connectivity index is 1.96. The number of thiazole rings is 1. The lowest BCUT2D eigenvalue weighted by Gasteiger charge is -2.06. The van der Waals surface area contributed by atoms with E-state index in [0.717, 1.165) is 11.4 Å². The standard InChI is InChI=1S/C14H16ClFN6S/c1-2-7(17)5-8-11(16)10-12(19-6-9-18-3-4-23-9)21-14(15)22-13(10)20-8/h3-4,7H,2,5-6,17H2,1H3,(H2,19,20,21,22). The van der Waals surface area contributed by atoms with Gasteiger partial charge in [0.15, 0.2) is 5.82 Å². The van der Waals surface area contributed by atoms with Crippen molar-refractivity contribution in [1.29, 1.82) is 0 Å². The number of nitrogens with one attached hydrogen (secondary N) is 2. The van der Waals surface area contributed by atoms with E-state index in [-0.39, 0.29) is 17.1 Å². The van der Waals surface area contributed by atoms with Crippen LogP contribution in [0.2, 0.25) is 5.28 Å². The topological polar surface area (TPSA) is 92.5 Å². The minimum atomic E-state index is -0.387. The Morgan fingerprint density at radius 1 is 1.48 bits per heavy atom. The maximum absolute atomic E-state index is 14.7. The van der Waals surface area contributed by atoms with Gasteiger partial charge in [-0.25, -0.2) is 9.37 Å². The third kappa shape index (κ3) is 3.44. The minimum Gasteiger partial charge on any atom is -0.363 e. The number of aromatic amines is 1. The van der Waals surface area contributed by atoms with Gasteiger partial charge in [-0.15, -0.1) is 11.3 Å². The highest BCUT2D eigenvalue weighted by molar-refractivity contribution is 7.09. The largest absolute Gasteiger partial charge is 0.363 e. The van der Waals surface area contributed by atoms with Crippen LogP contribution in [-0.4, -0.2) is 26.0 Å². The van der Waals surface area contributed by atoms with Gasteiger partial charge in [0.25, 0.3) is 0 Å². The fourth-order valence-corrected chi connectivity index (χ4v) is 2.98. The molecule has 0 saturated carbocycles. The molecule has 0 fully saturated rings. The van der Waals surface area contributed by atoms with Crippen molar-refractivity contribution >= 4 is 39.8 Å². The van der Waals surface area contributed by atoms with E-state index in [1.165, 1.54) is 11.3 Å². The molecule has 0 aliphatic carbocycles. The zero-order valence-electron chi connectivity index (χ0n) is 12.4. The molecule has 0 spiro atoms. The smallest absolute Gasteiger partial charge is 0.226 e. The zero-order chi connectivity index (χ0) is 16.4. The second kappa shape index (κ2) is 6.77. The molecule has 0 amide bonds. The van der Waals surface area contributed by atoms with Gasteiger partial charge in [-0.3, -0.25) is 0 Å². The fraction of sp³-hybridized carbons (Fsp3) is 0.357. The lowest BCUT2D eigenvalue weighted by atomic mass is 10.1. The second-order valence-electron chi connectivity index (χ2n) is 5.13. The van der Waals surface area contributed by atoms with E-state index in [2.05, 4.69) is 25.3 Å². The summed E-state index contributed by atoms with van der Waals surface area (Å²) in [6.07, 6.45) is 2.88. The van der Waals surface area contributed by atoms with Crippen molar-refractivity contribution in [2.75, 3.05) is 5.32 Å². The van der Waals surface area contributed by atoms with Crippen LogP contribution in [0.25, 0.3) is 11.0 Å². The van der Waals surface area contributed by atoms with E-state index in [0.29, 0.717) is 35.5 Å². The molecule has 4 N–H and O–H groups in total. The number of rotatable bonds is 6. The number of H-pyrrole nitrogens is 1. The van der Waals surface area contributed by atoms with Crippen molar-refractivity contribution in [3.63, 3.8) is 0 Å². The molecule has 3 rings (SSSR count). The quantitative estimate of drug-likeness (QED) is 0.591. The van der Waals surface area contributed by atoms with Gasteiger partial charge in [-0.2, -0.15) is 9.97 Å². The summed E-state index contributed by atoms with van der Waals surface area (Å²) in [5.74, 6) is -0.0394. The van der Waals surface area contributed by atoms with Gasteiger partial charge in [-0.05, 0) is 18.0 Å². The third-order valence-electron chi connectivity index (χ3n) is 3.52. The number of hydrogen-bond donors (Lipinski definition) is 3. The molecule has 3 aromatic heterocycles. The van der Waals surface area contributed by atoms with Crippen LogP contribution >= 0.6 is 22.9 Å². The van der Waals surface area contributed by atoms with Crippen molar-refractivity contribution in [2.24, 2.45) is 5.73 Å². The average Bonchev–Trinajstić information content (AvgIpc) is 3.14. The SMILES string of the molecule is CCC(N)Cc1[nH]c2nc(Cl)nc(NCc3nccs3)c2c1F. The predicted octanol–water partition coefficient (Wildman–Crippen LogP) is 3.10. The molecule has 3 heterocycles. The highest BCUT2D eigenvalue weighted by atomic mass is 35.5. The third-order valence-corrected chi connectivity index (χ3v) is 4.47. The summed E-state index contributed by atoms with van der Waals surface area (Å²) in [6.45, 7) is 2.40. The number of nitrogens with two attached hydrogens (primary N) is 1. The van der Waals surface area contributed by atoms with Crippen LogP contribution in [0.3, 0.4) is 0 Å². The molecule has 0 saturated heterocycles. The first-order valence-corrected chi connectivity index (χ1v) is 8.45. The van der Waals surface area contributed by atoms with E-state index in [1.807, 2.05) is 12.3 Å². The van der Waals surface area contributed by atoms with Crippen molar-refractivity contribution < 1.29 is 4.39 Å². The Bertz CT molecular complexity index is 803. The summed E-state index contributed by atoms with van der Waals surface area (Å²) in [4.78, 5) is 15.3. The fourth-order valence-electron chi connectivity index (χ4n) is 2.26. The Kier molecular flexibility index (Phi) is 4.74. The summed E-state index contributed by atoms with van der Waals surface area (Å²) in [7, 11) is 0. The van der Waals surface area contributed by atoms with Gasteiger partial charge in [0, 0.05) is 24.0 Å². The molecular weight excluding hydrogens is 339 g/mol. The summed E-state index contributed by atoms with van der Waals surface area (Å²) in [5.41, 5.74) is 6.70. The van der Waals surface area contributed by atoms with Gasteiger partial charge in [0.1, 0.15) is 16.5 Å². The highest BCUT2D eigenvalue weighted by Gasteiger charge is 2.19. The Morgan fingerprint density at radius 2 is 2.30 bits per heavy atom. The number of nitrogens with zero attached hydrogens (tertiary/aromatic N) is 3. The van der Waals surface area contributed by atoms with Crippen LogP contribution in [0.1, 0.15) is 24.0 Å². The first-order chi connectivity index (χ1) is 11.1. The van der Waals surface area contributed by atoms with Crippen LogP contribution in [0.4, 0.5) is 10.2 Å². The molecule has 1 unspecified atom stereocenters. The lowest BCUT2D eigenvalue weighted by Crippen LogP contribution is -2.22. The second-order valence-corrected chi connectivity index (χ2v) is 6.45. The monoisotopic (exact) mass is 354 g/mol. The molecule has 122 valence electrons. The summed E-state index contributed by atoms with van der Waals surface area (Å²) < 4.78 is 14.7. The average molecular weight is 355 g/mol. The summed E-state index contributed by atoms with van der Waals surface area (Å²) in [6, 6.07) is -0.118. The number of anilines is 1. The van der Waals surface area contributed by atoms with Crippen LogP contribution in [0.15, 0.2) is 11.6 Å². The van der Waals surface area contributed by atoms with Crippen LogP contribution in [0, 0.1) is 5.82 Å². The molecule has 0 aromatic carbocycles. The van der Waals surface area contributed by atoms with E-state index in [9.17, 15) is 4.39 Å². The minimum absolute atomic E-state index is 0.0479. The van der Waals surface area contributed by atoms with Gasteiger partial charge >= 0.3 is 0 Å². The number of halogens is 2. The maximum Gasteiger partial charge on any atom is 0.226 e. The lowest BCUT2D eigenvalue weighted by molar-refractivity contribution is 0.581. The first kappa shape index (κ1) is 16.1. The molecule has 0 bridgehead atoms. The van der Waals surface area contributed by atoms with Crippen LogP contribution in [-0.2, 0) is 13.0 Å². The molecular formula is C14H16ClFN6S. The molecule has 1 atom stereocenters. The number of aromatic nitrogens is 4. The van der Waals surface area contributed by atoms with Crippen molar-refractivity contribution in [3.8, 4) is 0 Å². The summed E-state index contributed by atoms with van der Waals surface area (Å²) in [5, 5.41) is 6.16. The van der Waals surface area contributed by atoms with E-state index < -0.39 is 0 Å². The van der Waals surface area contributed by atoms with Crippen molar-refractivity contribution in [3.05, 3.63) is 33.4 Å². The maximum atomic E-state index is 14.7. The molecule has 9 heteroatoms. The van der Waals surface area contributed by atoms with Gasteiger partial charge < -0.3 is 16.0 Å². The molecule has 23 heavy (non-hydrogen) atoms. The zero-order valence-corrected chi connectivity index (χ0v) is 14.0. The first-order valence-electron chi connectivity index (χ1n) is 7.19. The Morgan fingerprint density at radius 3 is 3.00 bits per heavy atom. The Labute approximate surface area is 141 Å². The van der Waals surface area contributed by atoms with Crippen LogP contribution < -0.4 is 11.1 Å². The molecule has 3 aromatic rings. The predicted molar refractivity (Wildman–Crippen MR) is 90.3 cm³/mol. The summed E-state index contributed by atoms with van der Waals surface area (Å²) >= 11 is 7.44. The highest BCUT2D eigenvalue weighted by Crippen LogP contribution is 2.28. The molecule has 0 aliphatic heterocycles.